The molecule has 1 fully saturated rings. The minimum absolute atomic E-state index is 0.0277. The summed E-state index contributed by atoms with van der Waals surface area (Å²) in [6.07, 6.45) is 2.95. The predicted molar refractivity (Wildman–Crippen MR) is 129 cm³/mol. The lowest BCUT2D eigenvalue weighted by molar-refractivity contribution is -0.135. The molecule has 0 bridgehead atoms. The summed E-state index contributed by atoms with van der Waals surface area (Å²) in [4.78, 5) is 31.5. The van der Waals surface area contributed by atoms with E-state index in [1.807, 2.05) is 29.6 Å². The van der Waals surface area contributed by atoms with Crippen molar-refractivity contribution in [2.24, 2.45) is 5.92 Å². The Bertz CT molecular complexity index is 1160. The standard InChI is InChI=1S/C27H27FN2O3S/c28-22-8-4-5-9-24(22)33-18-23-21-13-15-34-25(21)12-14-30(23)26(31)17-29(16-19-10-11-19)27(32)20-6-2-1-3-7-20/h1-9,13,15,19,23H,10-12,14,16-18H2/t23-/m1/s1. The molecule has 0 spiro atoms. The molecule has 0 radical (unpaired) electrons. The number of thiophene rings is 1. The van der Waals surface area contributed by atoms with Gasteiger partial charge in [-0.05, 0) is 66.5 Å². The maximum atomic E-state index is 14.1. The van der Waals surface area contributed by atoms with E-state index in [0.717, 1.165) is 24.8 Å². The van der Waals surface area contributed by atoms with Gasteiger partial charge in [0.1, 0.15) is 13.2 Å². The van der Waals surface area contributed by atoms with Crippen LogP contribution >= 0.6 is 11.3 Å². The van der Waals surface area contributed by atoms with E-state index >= 15 is 0 Å². The first kappa shape index (κ1) is 22.6. The third-order valence-electron chi connectivity index (χ3n) is 6.46. The highest BCUT2D eigenvalue weighted by atomic mass is 32.1. The van der Waals surface area contributed by atoms with Gasteiger partial charge < -0.3 is 14.5 Å². The first-order chi connectivity index (χ1) is 16.6. The smallest absolute Gasteiger partial charge is 0.254 e. The molecule has 1 aliphatic carbocycles. The molecule has 2 aromatic carbocycles. The number of amides is 2. The van der Waals surface area contributed by atoms with Crippen LogP contribution in [0.15, 0.2) is 66.0 Å². The molecule has 0 saturated heterocycles. The van der Waals surface area contributed by atoms with Crippen LogP contribution in [0.4, 0.5) is 4.39 Å². The van der Waals surface area contributed by atoms with E-state index in [1.54, 1.807) is 51.5 Å². The summed E-state index contributed by atoms with van der Waals surface area (Å²) in [6.45, 7) is 1.33. The van der Waals surface area contributed by atoms with Crippen molar-refractivity contribution in [3.8, 4) is 5.75 Å². The summed E-state index contributed by atoms with van der Waals surface area (Å²) in [6, 6.07) is 17.1. The van der Waals surface area contributed by atoms with Crippen molar-refractivity contribution in [3.63, 3.8) is 0 Å². The molecule has 2 amide bonds. The monoisotopic (exact) mass is 478 g/mol. The number of fused-ring (bicyclic) bond motifs is 1. The molecule has 5 rings (SSSR count). The minimum atomic E-state index is -0.425. The zero-order chi connectivity index (χ0) is 23.5. The largest absolute Gasteiger partial charge is 0.488 e. The van der Waals surface area contributed by atoms with Crippen molar-refractivity contribution >= 4 is 23.2 Å². The van der Waals surface area contributed by atoms with Gasteiger partial charge in [0.2, 0.25) is 5.91 Å². The number of benzene rings is 2. The van der Waals surface area contributed by atoms with Gasteiger partial charge in [-0.15, -0.1) is 11.3 Å². The van der Waals surface area contributed by atoms with Crippen LogP contribution in [0.1, 0.15) is 39.7 Å². The topological polar surface area (TPSA) is 49.9 Å². The molecule has 3 aromatic rings. The van der Waals surface area contributed by atoms with Gasteiger partial charge in [-0.3, -0.25) is 9.59 Å². The number of hydrogen-bond donors (Lipinski definition) is 0. The summed E-state index contributed by atoms with van der Waals surface area (Å²) in [7, 11) is 0. The summed E-state index contributed by atoms with van der Waals surface area (Å²) >= 11 is 1.67. The van der Waals surface area contributed by atoms with Crippen molar-refractivity contribution in [2.75, 3.05) is 26.2 Å². The molecule has 1 saturated carbocycles. The van der Waals surface area contributed by atoms with Crippen LogP contribution in [0.2, 0.25) is 0 Å². The highest BCUT2D eigenvalue weighted by Crippen LogP contribution is 2.35. The molecule has 0 unspecified atom stereocenters. The Balaban J connectivity index is 1.34. The van der Waals surface area contributed by atoms with Crippen molar-refractivity contribution in [2.45, 2.75) is 25.3 Å². The van der Waals surface area contributed by atoms with Crippen LogP contribution in [0.5, 0.6) is 5.75 Å². The number of ether oxygens (including phenoxy) is 1. The minimum Gasteiger partial charge on any atom is -0.488 e. The number of halogens is 1. The van der Waals surface area contributed by atoms with Crippen LogP contribution in [0.25, 0.3) is 0 Å². The lowest BCUT2D eigenvalue weighted by atomic mass is 10.00. The Morgan fingerprint density at radius 1 is 1.06 bits per heavy atom. The van der Waals surface area contributed by atoms with Crippen LogP contribution in [-0.2, 0) is 11.2 Å². The molecule has 176 valence electrons. The predicted octanol–water partition coefficient (Wildman–Crippen LogP) is 4.94. The highest BCUT2D eigenvalue weighted by Gasteiger charge is 2.35. The average Bonchev–Trinajstić information content (AvgIpc) is 3.55. The summed E-state index contributed by atoms with van der Waals surface area (Å²) in [5.41, 5.74) is 1.64. The number of para-hydroxylation sites is 1. The molecular weight excluding hydrogens is 451 g/mol. The molecule has 1 aromatic heterocycles. The molecule has 34 heavy (non-hydrogen) atoms. The van der Waals surface area contributed by atoms with Crippen LogP contribution in [-0.4, -0.2) is 47.9 Å². The Kier molecular flexibility index (Phi) is 6.63. The summed E-state index contributed by atoms with van der Waals surface area (Å²) < 4.78 is 20.0. The van der Waals surface area contributed by atoms with E-state index in [2.05, 4.69) is 0 Å². The zero-order valence-corrected chi connectivity index (χ0v) is 19.7. The number of rotatable bonds is 8. The van der Waals surface area contributed by atoms with Crippen molar-refractivity contribution in [1.82, 2.24) is 9.80 Å². The number of carbonyl (C=O) groups is 2. The van der Waals surface area contributed by atoms with E-state index in [4.69, 9.17) is 4.74 Å². The normalized spacial score (nSPS) is 17.2. The van der Waals surface area contributed by atoms with Crippen LogP contribution < -0.4 is 4.74 Å². The van der Waals surface area contributed by atoms with Crippen molar-refractivity contribution < 1.29 is 18.7 Å². The molecule has 2 aliphatic rings. The van der Waals surface area contributed by atoms with E-state index in [9.17, 15) is 14.0 Å². The fraction of sp³-hybridized carbons (Fsp3) is 0.333. The second kappa shape index (κ2) is 9.97. The molecule has 0 N–H and O–H groups in total. The van der Waals surface area contributed by atoms with Crippen LogP contribution in [0, 0.1) is 11.7 Å². The van der Waals surface area contributed by atoms with E-state index < -0.39 is 5.82 Å². The van der Waals surface area contributed by atoms with Crippen molar-refractivity contribution in [3.05, 3.63) is 87.9 Å². The second-order valence-electron chi connectivity index (χ2n) is 8.89. The lowest BCUT2D eigenvalue weighted by Crippen LogP contribution is -2.48. The zero-order valence-electron chi connectivity index (χ0n) is 18.9. The molecule has 7 heteroatoms. The molecule has 5 nitrogen and oxygen atoms in total. The number of nitrogens with zero attached hydrogens (tertiary/aromatic N) is 2. The van der Waals surface area contributed by atoms with Gasteiger partial charge in [-0.25, -0.2) is 4.39 Å². The fourth-order valence-electron chi connectivity index (χ4n) is 4.45. The highest BCUT2D eigenvalue weighted by molar-refractivity contribution is 7.10. The summed E-state index contributed by atoms with van der Waals surface area (Å²) in [5.74, 6) is -0.0136. The Hall–Kier alpha value is -3.19. The average molecular weight is 479 g/mol. The first-order valence-corrected chi connectivity index (χ1v) is 12.6. The molecule has 2 heterocycles. The Labute approximate surface area is 202 Å². The molecule has 1 atom stereocenters. The maximum Gasteiger partial charge on any atom is 0.254 e. The third kappa shape index (κ3) is 4.99. The van der Waals surface area contributed by atoms with Gasteiger partial charge in [0.15, 0.2) is 11.6 Å². The van der Waals surface area contributed by atoms with E-state index in [0.29, 0.717) is 24.6 Å². The number of carbonyl (C=O) groups excluding carboxylic acids is 2. The second-order valence-corrected chi connectivity index (χ2v) is 9.89. The lowest BCUT2D eigenvalue weighted by Gasteiger charge is -2.37. The van der Waals surface area contributed by atoms with Crippen LogP contribution in [0.3, 0.4) is 0 Å². The molecule has 1 aliphatic heterocycles. The third-order valence-corrected chi connectivity index (χ3v) is 7.45. The Morgan fingerprint density at radius 3 is 2.59 bits per heavy atom. The fourth-order valence-corrected chi connectivity index (χ4v) is 5.38. The van der Waals surface area contributed by atoms with Gasteiger partial charge in [0.05, 0.1) is 6.04 Å². The Morgan fingerprint density at radius 2 is 1.82 bits per heavy atom. The van der Waals surface area contributed by atoms with Gasteiger partial charge in [0, 0.05) is 23.5 Å². The maximum absolute atomic E-state index is 14.1. The van der Waals surface area contributed by atoms with Crippen molar-refractivity contribution in [1.29, 1.82) is 0 Å². The van der Waals surface area contributed by atoms with Gasteiger partial charge in [-0.1, -0.05) is 30.3 Å². The van der Waals surface area contributed by atoms with Gasteiger partial charge in [0.25, 0.3) is 5.91 Å². The van der Waals surface area contributed by atoms with Gasteiger partial charge >= 0.3 is 0 Å². The quantitative estimate of drug-likeness (QED) is 0.461. The summed E-state index contributed by atoms with van der Waals surface area (Å²) in [5, 5.41) is 2.02. The SMILES string of the molecule is O=C(c1ccccc1)N(CC(=O)N1CCc2sccc2[C@H]1COc1ccccc1F)CC1CC1. The number of hydrogen-bond acceptors (Lipinski definition) is 4. The van der Waals surface area contributed by atoms with E-state index in [1.165, 1.54) is 10.9 Å². The molecular formula is C27H27FN2O3S. The first-order valence-electron chi connectivity index (χ1n) is 11.7. The van der Waals surface area contributed by atoms with E-state index in [-0.39, 0.29) is 36.8 Å². The van der Waals surface area contributed by atoms with Gasteiger partial charge in [-0.2, -0.15) is 0 Å².